The smallest absolute Gasteiger partial charge is 0.191 e. The molecule has 0 saturated carbocycles. The van der Waals surface area contributed by atoms with Crippen molar-refractivity contribution in [2.45, 2.75) is 51.5 Å². The highest BCUT2D eigenvalue weighted by Crippen LogP contribution is 2.28. The minimum atomic E-state index is -2.26. The Hall–Kier alpha value is 0.140. The number of rotatable bonds is 19. The molecule has 6 atom stereocenters. The van der Waals surface area contributed by atoms with E-state index in [0.717, 1.165) is 0 Å². The Morgan fingerprint density at radius 2 is 1.36 bits per heavy atom. The van der Waals surface area contributed by atoms with E-state index in [9.17, 15) is 14.2 Å². The molecule has 0 aliphatic rings. The molecule has 0 amide bonds. The molecule has 0 aliphatic heterocycles. The molecule has 0 spiro atoms. The number of hydrogen-bond acceptors (Lipinski definition) is 10. The van der Waals surface area contributed by atoms with Crippen molar-refractivity contribution in [1.82, 2.24) is 0 Å². The van der Waals surface area contributed by atoms with Gasteiger partial charge in [0, 0.05) is 26.5 Å². The van der Waals surface area contributed by atoms with Gasteiger partial charge in [-0.2, -0.15) is 0 Å². The van der Waals surface area contributed by atoms with E-state index < -0.39 is 34.7 Å². The van der Waals surface area contributed by atoms with Gasteiger partial charge in [0.25, 0.3) is 0 Å². The van der Waals surface area contributed by atoms with Gasteiger partial charge in [0.05, 0.1) is 25.4 Å². The third-order valence-corrected chi connectivity index (χ3v) is 5.95. The summed E-state index contributed by atoms with van der Waals surface area (Å²) < 4.78 is 54.4. The molecule has 6 unspecified atom stereocenters. The first-order valence-electron chi connectivity index (χ1n) is 9.24. The summed E-state index contributed by atoms with van der Waals surface area (Å²) in [5, 5.41) is 18.4. The van der Waals surface area contributed by atoms with Crippen LogP contribution in [0.2, 0.25) is 0 Å². The quantitative estimate of drug-likeness (QED) is 0.170. The zero-order valence-corrected chi connectivity index (χ0v) is 19.1. The lowest BCUT2D eigenvalue weighted by molar-refractivity contribution is -0.194. The van der Waals surface area contributed by atoms with Crippen LogP contribution in [0.25, 0.3) is 0 Å². The molecular formula is C16H36O10P2. The van der Waals surface area contributed by atoms with E-state index in [0.29, 0.717) is 25.2 Å². The molecule has 0 fully saturated rings. The molecule has 0 saturated heterocycles. The van der Waals surface area contributed by atoms with E-state index >= 15 is 0 Å². The van der Waals surface area contributed by atoms with Crippen LogP contribution in [0.5, 0.6) is 0 Å². The van der Waals surface area contributed by atoms with Crippen LogP contribution >= 0.6 is 16.1 Å². The molecule has 0 aromatic heterocycles. The van der Waals surface area contributed by atoms with Crippen molar-refractivity contribution in [1.29, 1.82) is 0 Å². The van der Waals surface area contributed by atoms with Gasteiger partial charge < -0.3 is 38.2 Å². The van der Waals surface area contributed by atoms with Gasteiger partial charge in [-0.15, -0.1) is 0 Å². The number of aliphatic hydroxyl groups excluding tert-OH is 2. The first-order valence-corrected chi connectivity index (χ1v) is 12.3. The second-order valence-corrected chi connectivity index (χ2v) is 9.32. The second kappa shape index (κ2) is 18.0. The summed E-state index contributed by atoms with van der Waals surface area (Å²) in [4.78, 5) is 0. The summed E-state index contributed by atoms with van der Waals surface area (Å²) in [7, 11) is -1.66. The molecule has 28 heavy (non-hydrogen) atoms. The number of ether oxygens (including phenoxy) is 4. The van der Waals surface area contributed by atoms with Crippen molar-refractivity contribution in [2.24, 2.45) is 0 Å². The average Bonchev–Trinajstić information content (AvgIpc) is 2.67. The predicted molar refractivity (Wildman–Crippen MR) is 106 cm³/mol. The van der Waals surface area contributed by atoms with Gasteiger partial charge in [0.2, 0.25) is 0 Å². The van der Waals surface area contributed by atoms with Gasteiger partial charge >= 0.3 is 0 Å². The maximum absolute atomic E-state index is 11.9. The minimum absolute atomic E-state index is 0.0191. The first kappa shape index (κ1) is 28.1. The average molecular weight is 450 g/mol. The Morgan fingerprint density at radius 1 is 0.786 bits per heavy atom. The van der Waals surface area contributed by atoms with E-state index in [1.54, 1.807) is 13.8 Å². The van der Waals surface area contributed by atoms with E-state index in [4.69, 9.17) is 28.4 Å². The maximum Gasteiger partial charge on any atom is 0.191 e. The van der Waals surface area contributed by atoms with Crippen LogP contribution in [-0.4, -0.2) is 88.0 Å². The third-order valence-electron chi connectivity index (χ3n) is 3.45. The molecule has 0 heterocycles. The fraction of sp³-hybridized carbons (Fsp3) is 1.00. The Morgan fingerprint density at radius 3 is 1.86 bits per heavy atom. The standard InChI is InChI=1S/C16H36O10P2/c1-13(17)9-23-14(2)10-25-27(19)7-5-6-8-28(20)26-12-16(22-4)24-11-15(18)21-3/h13-18,27-28H,5-12H2,1-4H3. The topological polar surface area (TPSA) is 130 Å². The van der Waals surface area contributed by atoms with E-state index in [-0.39, 0.29) is 32.5 Å². The Kier molecular flexibility index (Phi) is 18.0. The van der Waals surface area contributed by atoms with Gasteiger partial charge in [-0.1, -0.05) is 0 Å². The highest BCUT2D eigenvalue weighted by atomic mass is 31.1. The maximum atomic E-state index is 11.9. The first-order chi connectivity index (χ1) is 13.3. The number of unbranched alkanes of at least 4 members (excludes halogenated alkanes) is 1. The van der Waals surface area contributed by atoms with Crippen LogP contribution < -0.4 is 0 Å². The van der Waals surface area contributed by atoms with Crippen molar-refractivity contribution in [2.75, 3.05) is 53.0 Å². The van der Waals surface area contributed by atoms with Crippen LogP contribution in [0.4, 0.5) is 0 Å². The minimum Gasteiger partial charge on any atom is -0.391 e. The predicted octanol–water partition coefficient (Wildman–Crippen LogP) is 1.49. The van der Waals surface area contributed by atoms with Crippen molar-refractivity contribution in [3.63, 3.8) is 0 Å². The Balaban J connectivity index is 3.75. The zero-order valence-electron chi connectivity index (χ0n) is 17.1. The fourth-order valence-corrected chi connectivity index (χ4v) is 3.96. The van der Waals surface area contributed by atoms with E-state index in [2.05, 4.69) is 4.74 Å². The SMILES string of the molecule is COC(O)COC(CO[PH](=O)CCCC[PH](=O)OCC(C)OCC(C)O)OC. The van der Waals surface area contributed by atoms with Gasteiger partial charge in [-0.25, -0.2) is 0 Å². The molecule has 0 radical (unpaired) electrons. The normalized spacial score (nSPS) is 18.4. The molecule has 0 aromatic rings. The van der Waals surface area contributed by atoms with Gasteiger partial charge in [-0.3, -0.25) is 9.13 Å². The zero-order chi connectivity index (χ0) is 21.4. The molecule has 12 heteroatoms. The lowest BCUT2D eigenvalue weighted by atomic mass is 10.4. The van der Waals surface area contributed by atoms with Gasteiger partial charge in [0.1, 0.15) is 13.2 Å². The molecular weight excluding hydrogens is 414 g/mol. The monoisotopic (exact) mass is 450 g/mol. The summed E-state index contributed by atoms with van der Waals surface area (Å²) in [6.07, 6.45) is -0.611. The summed E-state index contributed by atoms with van der Waals surface area (Å²) >= 11 is 0. The van der Waals surface area contributed by atoms with Crippen molar-refractivity contribution < 1.29 is 47.3 Å². The number of methoxy groups -OCH3 is 2. The van der Waals surface area contributed by atoms with Crippen molar-refractivity contribution >= 4 is 16.1 Å². The Labute approximate surface area is 168 Å². The third kappa shape index (κ3) is 17.0. The molecule has 10 nitrogen and oxygen atoms in total. The van der Waals surface area contributed by atoms with Crippen LogP contribution in [0.15, 0.2) is 0 Å². The van der Waals surface area contributed by atoms with Crippen molar-refractivity contribution in [3.8, 4) is 0 Å². The highest BCUT2D eigenvalue weighted by molar-refractivity contribution is 7.39. The highest BCUT2D eigenvalue weighted by Gasteiger charge is 2.13. The van der Waals surface area contributed by atoms with E-state index in [1.165, 1.54) is 14.2 Å². The molecule has 2 N–H and O–H groups in total. The summed E-state index contributed by atoms with van der Waals surface area (Å²) in [6, 6.07) is 0. The molecule has 0 bridgehead atoms. The largest absolute Gasteiger partial charge is 0.391 e. The second-order valence-electron chi connectivity index (χ2n) is 6.26. The lowest BCUT2D eigenvalue weighted by Crippen LogP contribution is -2.27. The summed E-state index contributed by atoms with van der Waals surface area (Å²) in [5.74, 6) is 0. The fourth-order valence-electron chi connectivity index (χ4n) is 1.85. The molecule has 0 aromatic carbocycles. The molecule has 170 valence electrons. The summed E-state index contributed by atoms with van der Waals surface area (Å²) in [6.45, 7) is 3.72. The summed E-state index contributed by atoms with van der Waals surface area (Å²) in [5.41, 5.74) is 0. The van der Waals surface area contributed by atoms with Crippen LogP contribution in [-0.2, 0) is 37.1 Å². The number of hydrogen-bond donors (Lipinski definition) is 2. The van der Waals surface area contributed by atoms with Crippen LogP contribution in [0.3, 0.4) is 0 Å². The molecule has 0 aliphatic carbocycles. The lowest BCUT2D eigenvalue weighted by Gasteiger charge is -2.18. The number of aliphatic hydroxyl groups is 2. The van der Waals surface area contributed by atoms with Crippen LogP contribution in [0, 0.1) is 0 Å². The van der Waals surface area contributed by atoms with Crippen molar-refractivity contribution in [3.05, 3.63) is 0 Å². The van der Waals surface area contributed by atoms with E-state index in [1.807, 2.05) is 0 Å². The molecule has 0 rings (SSSR count). The van der Waals surface area contributed by atoms with Gasteiger partial charge in [0.15, 0.2) is 28.6 Å². The van der Waals surface area contributed by atoms with Crippen LogP contribution in [0.1, 0.15) is 26.7 Å². The Bertz CT molecular complexity index is 424. The van der Waals surface area contributed by atoms with Gasteiger partial charge in [-0.05, 0) is 26.7 Å².